The minimum absolute atomic E-state index is 0.0962. The molecule has 1 heterocycles. The average Bonchev–Trinajstić information content (AvgIpc) is 2.84. The lowest BCUT2D eigenvalue weighted by Crippen LogP contribution is -2.41. The van der Waals surface area contributed by atoms with E-state index in [1.807, 2.05) is 0 Å². The van der Waals surface area contributed by atoms with Crippen molar-refractivity contribution in [3.8, 4) is 0 Å². The van der Waals surface area contributed by atoms with E-state index in [0.29, 0.717) is 6.54 Å². The van der Waals surface area contributed by atoms with Crippen LogP contribution in [0.15, 0.2) is 12.4 Å². The summed E-state index contributed by atoms with van der Waals surface area (Å²) in [6, 6.07) is -0.760. The highest BCUT2D eigenvalue weighted by molar-refractivity contribution is 5.82. The van der Waals surface area contributed by atoms with E-state index in [1.165, 1.54) is 0 Å². The van der Waals surface area contributed by atoms with Crippen LogP contribution in [0.3, 0.4) is 0 Å². The summed E-state index contributed by atoms with van der Waals surface area (Å²) in [6.07, 6.45) is 4.98. The van der Waals surface area contributed by atoms with Gasteiger partial charge in [0, 0.05) is 31.8 Å². The number of aromatic amines is 1. The molecule has 1 aromatic heterocycles. The van der Waals surface area contributed by atoms with Crippen molar-refractivity contribution in [1.82, 2.24) is 15.3 Å². The molecule has 18 heavy (non-hydrogen) atoms. The molecule has 1 rings (SSSR count). The van der Waals surface area contributed by atoms with Gasteiger partial charge in [0.15, 0.2) is 0 Å². The number of carboxylic acids is 1. The maximum atomic E-state index is 11.5. The topological polar surface area (TPSA) is 121 Å². The van der Waals surface area contributed by atoms with E-state index in [2.05, 4.69) is 15.3 Å². The Labute approximate surface area is 105 Å². The number of nitrogens with zero attached hydrogens (tertiary/aromatic N) is 1. The highest BCUT2D eigenvalue weighted by Gasteiger charge is 2.13. The molecule has 0 radical (unpaired) electrons. The zero-order chi connectivity index (χ0) is 13.4. The van der Waals surface area contributed by atoms with Crippen molar-refractivity contribution in [3.05, 3.63) is 18.2 Å². The minimum Gasteiger partial charge on any atom is -0.481 e. The summed E-state index contributed by atoms with van der Waals surface area (Å²) >= 11 is 0. The Hall–Kier alpha value is -1.89. The van der Waals surface area contributed by atoms with Crippen LogP contribution in [0.4, 0.5) is 0 Å². The van der Waals surface area contributed by atoms with Gasteiger partial charge in [-0.15, -0.1) is 0 Å². The molecule has 0 aliphatic rings. The fourth-order valence-electron chi connectivity index (χ4n) is 1.44. The summed E-state index contributed by atoms with van der Waals surface area (Å²) < 4.78 is 0. The number of amides is 1. The molecule has 100 valence electrons. The molecule has 5 N–H and O–H groups in total. The Morgan fingerprint density at radius 1 is 1.56 bits per heavy atom. The second kappa shape index (κ2) is 7.44. The largest absolute Gasteiger partial charge is 0.481 e. The molecule has 0 fully saturated rings. The number of rotatable bonds is 8. The van der Waals surface area contributed by atoms with Gasteiger partial charge in [0.05, 0.1) is 6.04 Å². The number of aliphatic carboxylic acids is 1. The quantitative estimate of drug-likeness (QED) is 0.472. The van der Waals surface area contributed by atoms with Crippen LogP contribution in [0.1, 0.15) is 25.1 Å². The average molecular weight is 254 g/mol. The number of hydrogen-bond acceptors (Lipinski definition) is 4. The third-order valence-electron chi connectivity index (χ3n) is 2.45. The van der Waals surface area contributed by atoms with Crippen LogP contribution in [-0.2, 0) is 16.0 Å². The maximum Gasteiger partial charge on any atom is 0.303 e. The monoisotopic (exact) mass is 254 g/mol. The number of imidazole rings is 1. The van der Waals surface area contributed by atoms with E-state index >= 15 is 0 Å². The first-order valence-corrected chi connectivity index (χ1v) is 5.83. The first-order chi connectivity index (χ1) is 8.59. The summed E-state index contributed by atoms with van der Waals surface area (Å²) in [6.45, 7) is 0.500. The zero-order valence-electron chi connectivity index (χ0n) is 10.1. The predicted octanol–water partition coefficient (Wildman–Crippen LogP) is -0.349. The minimum atomic E-state index is -0.948. The lowest BCUT2D eigenvalue weighted by molar-refractivity contribution is -0.137. The molecule has 0 aromatic carbocycles. The van der Waals surface area contributed by atoms with E-state index in [-0.39, 0.29) is 18.7 Å². The molecular weight excluding hydrogens is 236 g/mol. The number of carbonyl (C=O) groups excluding carboxylic acids is 1. The lowest BCUT2D eigenvalue weighted by Gasteiger charge is -2.10. The van der Waals surface area contributed by atoms with Gasteiger partial charge < -0.3 is 21.1 Å². The van der Waals surface area contributed by atoms with Crippen molar-refractivity contribution in [2.75, 3.05) is 6.54 Å². The second-order valence-electron chi connectivity index (χ2n) is 3.97. The maximum absolute atomic E-state index is 11.5. The van der Waals surface area contributed by atoms with Crippen LogP contribution in [0.2, 0.25) is 0 Å². The van der Waals surface area contributed by atoms with Crippen LogP contribution < -0.4 is 11.1 Å². The predicted molar refractivity (Wildman–Crippen MR) is 64.8 cm³/mol. The summed E-state index contributed by atoms with van der Waals surface area (Å²) in [7, 11) is 0. The molecule has 0 aliphatic carbocycles. The van der Waals surface area contributed by atoms with E-state index < -0.39 is 12.0 Å². The van der Waals surface area contributed by atoms with E-state index in [4.69, 9.17) is 10.8 Å². The Morgan fingerprint density at radius 3 is 2.94 bits per heavy atom. The molecule has 1 atom stereocenters. The van der Waals surface area contributed by atoms with Crippen LogP contribution in [0.5, 0.6) is 0 Å². The van der Waals surface area contributed by atoms with Gasteiger partial charge in [-0.1, -0.05) is 0 Å². The summed E-state index contributed by atoms with van der Waals surface area (Å²) in [5.74, 6) is -0.383. The SMILES string of the molecule is NC(CCC(=O)O)C(=O)NCCCc1ncc[nH]1. The number of H-pyrrole nitrogens is 1. The lowest BCUT2D eigenvalue weighted by atomic mass is 10.1. The molecule has 7 nitrogen and oxygen atoms in total. The van der Waals surface area contributed by atoms with E-state index in [1.54, 1.807) is 12.4 Å². The van der Waals surface area contributed by atoms with Gasteiger partial charge >= 0.3 is 5.97 Å². The zero-order valence-corrected chi connectivity index (χ0v) is 10.1. The number of hydrogen-bond donors (Lipinski definition) is 4. The van der Waals surface area contributed by atoms with Gasteiger partial charge in [0.25, 0.3) is 0 Å². The number of carbonyl (C=O) groups is 2. The van der Waals surface area contributed by atoms with Crippen molar-refractivity contribution in [2.24, 2.45) is 5.73 Å². The van der Waals surface area contributed by atoms with Crippen LogP contribution in [0, 0.1) is 0 Å². The van der Waals surface area contributed by atoms with Crippen LogP contribution >= 0.6 is 0 Å². The molecule has 0 spiro atoms. The van der Waals surface area contributed by atoms with Crippen molar-refractivity contribution in [2.45, 2.75) is 31.7 Å². The highest BCUT2D eigenvalue weighted by atomic mass is 16.4. The number of carboxylic acid groups (broad SMARTS) is 1. The fourth-order valence-corrected chi connectivity index (χ4v) is 1.44. The van der Waals surface area contributed by atoms with Crippen LogP contribution in [0.25, 0.3) is 0 Å². The standard InChI is InChI=1S/C11H18N4O3/c12-8(3-4-10(16)17)11(18)15-5-1-2-9-13-6-7-14-9/h6-8H,1-5,12H2,(H,13,14)(H,15,18)(H,16,17). The molecule has 0 saturated heterocycles. The van der Waals surface area contributed by atoms with Gasteiger partial charge in [-0.05, 0) is 12.8 Å². The van der Waals surface area contributed by atoms with Crippen molar-refractivity contribution in [1.29, 1.82) is 0 Å². The summed E-state index contributed by atoms with van der Waals surface area (Å²) in [5, 5.41) is 11.1. The highest BCUT2D eigenvalue weighted by Crippen LogP contribution is 1.96. The molecule has 0 bridgehead atoms. The van der Waals surface area contributed by atoms with Gasteiger partial charge in [-0.2, -0.15) is 0 Å². The third-order valence-corrected chi connectivity index (χ3v) is 2.45. The van der Waals surface area contributed by atoms with Gasteiger partial charge in [0.2, 0.25) is 5.91 Å². The third kappa shape index (κ3) is 5.44. The number of aryl methyl sites for hydroxylation is 1. The van der Waals surface area contributed by atoms with E-state index in [0.717, 1.165) is 18.7 Å². The molecule has 1 unspecified atom stereocenters. The smallest absolute Gasteiger partial charge is 0.303 e. The molecule has 1 aromatic rings. The first kappa shape index (κ1) is 14.2. The van der Waals surface area contributed by atoms with Crippen molar-refractivity contribution >= 4 is 11.9 Å². The number of aromatic nitrogens is 2. The molecular formula is C11H18N4O3. The summed E-state index contributed by atoms with van der Waals surface area (Å²) in [4.78, 5) is 28.8. The van der Waals surface area contributed by atoms with Gasteiger partial charge in [-0.25, -0.2) is 4.98 Å². The van der Waals surface area contributed by atoms with E-state index in [9.17, 15) is 9.59 Å². The van der Waals surface area contributed by atoms with Crippen molar-refractivity contribution in [3.63, 3.8) is 0 Å². The number of nitrogens with two attached hydrogens (primary N) is 1. The Morgan fingerprint density at radius 2 is 2.33 bits per heavy atom. The summed E-state index contributed by atoms with van der Waals surface area (Å²) in [5.41, 5.74) is 5.55. The Kier molecular flexibility index (Phi) is 5.86. The molecule has 0 saturated carbocycles. The molecule has 1 amide bonds. The Bertz CT molecular complexity index is 378. The van der Waals surface area contributed by atoms with Crippen LogP contribution in [-0.4, -0.2) is 39.5 Å². The molecule has 7 heteroatoms. The first-order valence-electron chi connectivity index (χ1n) is 5.83. The van der Waals surface area contributed by atoms with Gasteiger partial charge in [0.1, 0.15) is 5.82 Å². The fraction of sp³-hybridized carbons (Fsp3) is 0.545. The number of nitrogens with one attached hydrogen (secondary N) is 2. The van der Waals surface area contributed by atoms with Gasteiger partial charge in [-0.3, -0.25) is 9.59 Å². The van der Waals surface area contributed by atoms with Crippen molar-refractivity contribution < 1.29 is 14.7 Å². The normalized spacial score (nSPS) is 12.1. The second-order valence-corrected chi connectivity index (χ2v) is 3.97. The Balaban J connectivity index is 2.10. The molecule has 0 aliphatic heterocycles.